The maximum Gasteiger partial charge on any atom is 0.120 e. The van der Waals surface area contributed by atoms with Crippen LogP contribution in [0.25, 0.3) is 0 Å². The van der Waals surface area contributed by atoms with E-state index in [-0.39, 0.29) is 6.04 Å². The number of benzene rings is 1. The molecule has 2 N–H and O–H groups in total. The zero-order valence-electron chi connectivity index (χ0n) is 9.04. The van der Waals surface area contributed by atoms with Crippen molar-refractivity contribution in [1.29, 1.82) is 0 Å². The van der Waals surface area contributed by atoms with Crippen molar-refractivity contribution in [3.05, 3.63) is 60.1 Å². The van der Waals surface area contributed by atoms with Gasteiger partial charge in [-0.05, 0) is 36.0 Å². The van der Waals surface area contributed by atoms with Crippen molar-refractivity contribution in [3.63, 3.8) is 0 Å². The lowest BCUT2D eigenvalue weighted by molar-refractivity contribution is 0.439. The van der Waals surface area contributed by atoms with E-state index in [1.54, 1.807) is 6.26 Å². The third kappa shape index (κ3) is 1.65. The summed E-state index contributed by atoms with van der Waals surface area (Å²) in [5, 5.41) is 0. The highest BCUT2D eigenvalue weighted by Gasteiger charge is 2.43. The standard InChI is InChI=1S/C14H15NO/c15-14(13-7-4-8-16-13)12-9-11(12)10-5-2-1-3-6-10/h1-8,11-12,14H,9,15H2/t11-,12+,14-/m1/s1. The number of nitrogens with two attached hydrogens (primary N) is 1. The molecular weight excluding hydrogens is 198 g/mol. The van der Waals surface area contributed by atoms with E-state index in [1.165, 1.54) is 12.0 Å². The maximum atomic E-state index is 6.18. The second kappa shape index (κ2) is 3.80. The van der Waals surface area contributed by atoms with Crippen LogP contribution in [0.15, 0.2) is 53.1 Å². The molecule has 0 amide bonds. The molecule has 2 aromatic rings. The predicted molar refractivity (Wildman–Crippen MR) is 62.9 cm³/mol. The largest absolute Gasteiger partial charge is 0.468 e. The summed E-state index contributed by atoms with van der Waals surface area (Å²) in [5.74, 6) is 2.05. The first kappa shape index (κ1) is 9.67. The third-order valence-corrected chi connectivity index (χ3v) is 3.40. The van der Waals surface area contributed by atoms with Crippen molar-refractivity contribution in [3.8, 4) is 0 Å². The van der Waals surface area contributed by atoms with E-state index in [4.69, 9.17) is 10.2 Å². The van der Waals surface area contributed by atoms with Gasteiger partial charge >= 0.3 is 0 Å². The van der Waals surface area contributed by atoms with Crippen molar-refractivity contribution in [2.75, 3.05) is 0 Å². The first-order valence-corrected chi connectivity index (χ1v) is 5.70. The highest BCUT2D eigenvalue weighted by molar-refractivity contribution is 5.27. The van der Waals surface area contributed by atoms with Crippen LogP contribution in [0.5, 0.6) is 0 Å². The van der Waals surface area contributed by atoms with Crippen LogP contribution in [-0.4, -0.2) is 0 Å². The van der Waals surface area contributed by atoms with Gasteiger partial charge in [0.25, 0.3) is 0 Å². The number of hydrogen-bond acceptors (Lipinski definition) is 2. The van der Waals surface area contributed by atoms with Crippen molar-refractivity contribution in [1.82, 2.24) is 0 Å². The molecule has 0 aliphatic heterocycles. The van der Waals surface area contributed by atoms with Crippen molar-refractivity contribution in [2.24, 2.45) is 11.7 Å². The van der Waals surface area contributed by atoms with Gasteiger partial charge in [0.1, 0.15) is 5.76 Å². The molecule has 0 saturated heterocycles. The molecule has 1 aliphatic rings. The number of furan rings is 1. The first-order chi connectivity index (χ1) is 7.86. The summed E-state index contributed by atoms with van der Waals surface area (Å²) in [7, 11) is 0. The Morgan fingerprint density at radius 2 is 1.94 bits per heavy atom. The van der Waals surface area contributed by atoms with Crippen molar-refractivity contribution in [2.45, 2.75) is 18.4 Å². The minimum absolute atomic E-state index is 0.0419. The lowest BCUT2D eigenvalue weighted by atomic mass is 10.0. The van der Waals surface area contributed by atoms with Gasteiger partial charge in [-0.25, -0.2) is 0 Å². The van der Waals surface area contributed by atoms with E-state index in [0.29, 0.717) is 11.8 Å². The van der Waals surface area contributed by atoms with E-state index < -0.39 is 0 Å². The molecule has 0 radical (unpaired) electrons. The zero-order chi connectivity index (χ0) is 11.0. The predicted octanol–water partition coefficient (Wildman–Crippen LogP) is 3.08. The van der Waals surface area contributed by atoms with Gasteiger partial charge in [-0.1, -0.05) is 30.3 Å². The van der Waals surface area contributed by atoms with Gasteiger partial charge in [0.05, 0.1) is 12.3 Å². The van der Waals surface area contributed by atoms with Crippen LogP contribution in [0.4, 0.5) is 0 Å². The van der Waals surface area contributed by atoms with E-state index in [0.717, 1.165) is 5.76 Å². The molecule has 2 heteroatoms. The minimum atomic E-state index is 0.0419. The number of hydrogen-bond donors (Lipinski definition) is 1. The van der Waals surface area contributed by atoms with Gasteiger partial charge in [-0.2, -0.15) is 0 Å². The Balaban J connectivity index is 1.73. The van der Waals surface area contributed by atoms with E-state index in [2.05, 4.69) is 24.3 Å². The van der Waals surface area contributed by atoms with Crippen LogP contribution in [0.2, 0.25) is 0 Å². The summed E-state index contributed by atoms with van der Waals surface area (Å²) in [4.78, 5) is 0. The van der Waals surface area contributed by atoms with Crippen molar-refractivity contribution >= 4 is 0 Å². The van der Waals surface area contributed by atoms with Gasteiger partial charge in [0, 0.05) is 0 Å². The van der Waals surface area contributed by atoms with Gasteiger partial charge in [-0.3, -0.25) is 0 Å². The van der Waals surface area contributed by atoms with Crippen LogP contribution in [0.3, 0.4) is 0 Å². The van der Waals surface area contributed by atoms with Gasteiger partial charge < -0.3 is 10.2 Å². The SMILES string of the molecule is N[C@@H](c1ccco1)[C@H]1C[C@@H]1c1ccccc1. The lowest BCUT2D eigenvalue weighted by Crippen LogP contribution is -2.12. The molecule has 16 heavy (non-hydrogen) atoms. The van der Waals surface area contributed by atoms with Gasteiger partial charge in [-0.15, -0.1) is 0 Å². The van der Waals surface area contributed by atoms with E-state index in [1.807, 2.05) is 18.2 Å². The second-order valence-corrected chi connectivity index (χ2v) is 4.46. The Morgan fingerprint density at radius 1 is 1.12 bits per heavy atom. The molecule has 3 rings (SSSR count). The molecule has 1 saturated carbocycles. The van der Waals surface area contributed by atoms with E-state index in [9.17, 15) is 0 Å². The Hall–Kier alpha value is -1.54. The summed E-state index contributed by atoms with van der Waals surface area (Å²) in [6.45, 7) is 0. The molecule has 1 aromatic carbocycles. The molecule has 3 atom stereocenters. The zero-order valence-corrected chi connectivity index (χ0v) is 9.04. The third-order valence-electron chi connectivity index (χ3n) is 3.40. The molecule has 2 nitrogen and oxygen atoms in total. The molecule has 1 aliphatic carbocycles. The molecule has 82 valence electrons. The lowest BCUT2D eigenvalue weighted by Gasteiger charge is -2.07. The molecule has 1 aromatic heterocycles. The summed E-state index contributed by atoms with van der Waals surface area (Å²) in [6.07, 6.45) is 2.86. The van der Waals surface area contributed by atoms with E-state index >= 15 is 0 Å². The van der Waals surface area contributed by atoms with Crippen LogP contribution in [0.1, 0.15) is 29.7 Å². The maximum absolute atomic E-state index is 6.18. The molecule has 1 fully saturated rings. The Labute approximate surface area is 95.1 Å². The van der Waals surface area contributed by atoms with Crippen LogP contribution in [0, 0.1) is 5.92 Å². The fourth-order valence-electron chi connectivity index (χ4n) is 2.39. The molecule has 0 bridgehead atoms. The molecule has 0 unspecified atom stereocenters. The van der Waals surface area contributed by atoms with Crippen LogP contribution < -0.4 is 5.73 Å². The topological polar surface area (TPSA) is 39.2 Å². The highest BCUT2D eigenvalue weighted by atomic mass is 16.3. The number of rotatable bonds is 3. The molecular formula is C14H15NO. The fraction of sp³-hybridized carbons (Fsp3) is 0.286. The fourth-order valence-corrected chi connectivity index (χ4v) is 2.39. The molecule has 0 spiro atoms. The quantitative estimate of drug-likeness (QED) is 0.851. The summed E-state index contributed by atoms with van der Waals surface area (Å²) < 4.78 is 5.36. The minimum Gasteiger partial charge on any atom is -0.468 e. The van der Waals surface area contributed by atoms with Crippen LogP contribution >= 0.6 is 0 Å². The summed E-state index contributed by atoms with van der Waals surface area (Å²) in [5.41, 5.74) is 7.58. The van der Waals surface area contributed by atoms with Gasteiger partial charge in [0.2, 0.25) is 0 Å². The monoisotopic (exact) mass is 213 g/mol. The normalized spacial score (nSPS) is 25.3. The summed E-state index contributed by atoms with van der Waals surface area (Å²) >= 11 is 0. The van der Waals surface area contributed by atoms with Gasteiger partial charge in [0.15, 0.2) is 0 Å². The first-order valence-electron chi connectivity index (χ1n) is 5.70. The Kier molecular flexibility index (Phi) is 2.29. The summed E-state index contributed by atoms with van der Waals surface area (Å²) in [6, 6.07) is 14.5. The smallest absolute Gasteiger partial charge is 0.120 e. The van der Waals surface area contributed by atoms with Crippen molar-refractivity contribution < 1.29 is 4.42 Å². The van der Waals surface area contributed by atoms with Crippen LogP contribution in [-0.2, 0) is 0 Å². The Bertz CT molecular complexity index is 449. The molecule has 1 heterocycles. The average molecular weight is 213 g/mol. The Morgan fingerprint density at radius 3 is 2.62 bits per heavy atom. The average Bonchev–Trinajstić information content (AvgIpc) is 2.95. The second-order valence-electron chi connectivity index (χ2n) is 4.46. The highest BCUT2D eigenvalue weighted by Crippen LogP contribution is 2.53.